The maximum atomic E-state index is 12.7. The Morgan fingerprint density at radius 1 is 1.13 bits per heavy atom. The molecule has 4 rings (SSSR count). The van der Waals surface area contributed by atoms with E-state index in [9.17, 15) is 4.79 Å². The molecule has 1 N–H and O–H groups in total. The Bertz CT molecular complexity index is 1070. The molecule has 0 atom stereocenters. The van der Waals surface area contributed by atoms with Gasteiger partial charge in [0, 0.05) is 24.8 Å². The van der Waals surface area contributed by atoms with Crippen molar-refractivity contribution in [3.8, 4) is 0 Å². The number of halogens is 3. The number of fused-ring (bicyclic) bond motifs is 1. The summed E-state index contributed by atoms with van der Waals surface area (Å²) in [5.74, 6) is -0.122. The van der Waals surface area contributed by atoms with Crippen molar-refractivity contribution in [2.75, 3.05) is 18.4 Å². The fraction of sp³-hybridized carbons (Fsp3) is 0.304. The minimum absolute atomic E-state index is 0. The first-order chi connectivity index (χ1) is 14.5. The summed E-state index contributed by atoms with van der Waals surface area (Å²) in [5, 5.41) is 8.31. The normalized spacial score (nSPS) is 13.4. The Kier molecular flexibility index (Phi) is 8.00. The second-order valence-corrected chi connectivity index (χ2v) is 8.45. The predicted octanol–water partition coefficient (Wildman–Crippen LogP) is 5.68. The molecule has 8 heteroatoms. The fourth-order valence-electron chi connectivity index (χ4n) is 3.80. The summed E-state index contributed by atoms with van der Waals surface area (Å²) in [6.45, 7) is 5.88. The van der Waals surface area contributed by atoms with E-state index in [1.54, 1.807) is 23.1 Å². The molecule has 2 aromatic carbocycles. The molecule has 3 aromatic rings. The predicted molar refractivity (Wildman–Crippen MR) is 129 cm³/mol. The Labute approximate surface area is 198 Å². The standard InChI is InChI=1S/C23H24Cl2N4O.ClH/c1-2-8-28-9-7-17-11-18(4-5-19(17)14-28)23(30)27-20-12-26-29(15-20)13-16-3-6-21(24)22(25)10-16;/h3-6,10-12,15H,2,7-9,13-14H2,1H3,(H,27,30);1H. The van der Waals surface area contributed by atoms with E-state index in [-0.39, 0.29) is 18.3 Å². The maximum absolute atomic E-state index is 12.7. The van der Waals surface area contributed by atoms with E-state index in [2.05, 4.69) is 28.3 Å². The third kappa shape index (κ3) is 5.80. The van der Waals surface area contributed by atoms with E-state index in [0.717, 1.165) is 38.0 Å². The number of anilines is 1. The smallest absolute Gasteiger partial charge is 0.255 e. The van der Waals surface area contributed by atoms with Crippen molar-refractivity contribution in [3.05, 3.63) is 81.1 Å². The molecule has 31 heavy (non-hydrogen) atoms. The van der Waals surface area contributed by atoms with Crippen LogP contribution in [0.1, 0.15) is 40.4 Å². The van der Waals surface area contributed by atoms with Crippen molar-refractivity contribution in [2.24, 2.45) is 0 Å². The van der Waals surface area contributed by atoms with Crippen LogP contribution in [0.2, 0.25) is 10.0 Å². The van der Waals surface area contributed by atoms with E-state index in [0.29, 0.717) is 27.8 Å². The van der Waals surface area contributed by atoms with Crippen LogP contribution in [0, 0.1) is 0 Å². The summed E-state index contributed by atoms with van der Waals surface area (Å²) in [5.41, 5.74) is 4.91. The first-order valence-corrected chi connectivity index (χ1v) is 10.9. The van der Waals surface area contributed by atoms with Crippen LogP contribution in [0.3, 0.4) is 0 Å². The second kappa shape index (κ2) is 10.5. The summed E-state index contributed by atoms with van der Waals surface area (Å²) in [4.78, 5) is 15.2. The molecule has 0 bridgehead atoms. The van der Waals surface area contributed by atoms with E-state index in [1.165, 1.54) is 11.1 Å². The fourth-order valence-corrected chi connectivity index (χ4v) is 4.12. The van der Waals surface area contributed by atoms with Gasteiger partial charge in [-0.3, -0.25) is 14.4 Å². The van der Waals surface area contributed by atoms with Crippen molar-refractivity contribution < 1.29 is 4.79 Å². The Morgan fingerprint density at radius 3 is 2.74 bits per heavy atom. The number of hydrogen-bond acceptors (Lipinski definition) is 3. The van der Waals surface area contributed by atoms with Crippen LogP contribution in [-0.4, -0.2) is 33.7 Å². The van der Waals surface area contributed by atoms with Crippen molar-refractivity contribution in [1.82, 2.24) is 14.7 Å². The molecule has 0 aliphatic carbocycles. The van der Waals surface area contributed by atoms with Crippen LogP contribution in [0.4, 0.5) is 5.69 Å². The lowest BCUT2D eigenvalue weighted by atomic mass is 9.97. The third-order valence-electron chi connectivity index (χ3n) is 5.32. The summed E-state index contributed by atoms with van der Waals surface area (Å²) in [7, 11) is 0. The molecule has 1 aromatic heterocycles. The van der Waals surface area contributed by atoms with E-state index in [1.807, 2.05) is 24.3 Å². The average molecular weight is 480 g/mol. The summed E-state index contributed by atoms with van der Waals surface area (Å²) in [6.07, 6.45) is 5.60. The number of carbonyl (C=O) groups is 1. The van der Waals surface area contributed by atoms with Crippen molar-refractivity contribution >= 4 is 47.2 Å². The molecule has 164 valence electrons. The van der Waals surface area contributed by atoms with E-state index >= 15 is 0 Å². The number of nitrogens with one attached hydrogen (secondary N) is 1. The van der Waals surface area contributed by atoms with Crippen molar-refractivity contribution in [1.29, 1.82) is 0 Å². The SMILES string of the molecule is CCCN1CCc2cc(C(=O)Nc3cnn(Cc4ccc(Cl)c(Cl)c4)c3)ccc2C1.Cl. The Hall–Kier alpha value is -2.05. The van der Waals surface area contributed by atoms with Crippen LogP contribution in [-0.2, 0) is 19.5 Å². The topological polar surface area (TPSA) is 50.2 Å². The number of aromatic nitrogens is 2. The largest absolute Gasteiger partial charge is 0.319 e. The van der Waals surface area contributed by atoms with E-state index in [4.69, 9.17) is 23.2 Å². The van der Waals surface area contributed by atoms with Crippen molar-refractivity contribution in [3.63, 3.8) is 0 Å². The minimum Gasteiger partial charge on any atom is -0.319 e. The summed E-state index contributed by atoms with van der Waals surface area (Å²) >= 11 is 12.0. The monoisotopic (exact) mass is 478 g/mol. The highest BCUT2D eigenvalue weighted by Crippen LogP contribution is 2.24. The molecular weight excluding hydrogens is 455 g/mol. The Balaban J connectivity index is 0.00000272. The minimum atomic E-state index is -0.122. The van der Waals surface area contributed by atoms with Crippen molar-refractivity contribution in [2.45, 2.75) is 32.9 Å². The number of carbonyl (C=O) groups excluding carboxylic acids is 1. The molecule has 1 aliphatic heterocycles. The van der Waals surface area contributed by atoms with Gasteiger partial charge in [-0.15, -0.1) is 12.4 Å². The number of nitrogens with zero attached hydrogens (tertiary/aromatic N) is 3. The van der Waals surface area contributed by atoms with Crippen LogP contribution in [0.15, 0.2) is 48.8 Å². The van der Waals surface area contributed by atoms with Gasteiger partial charge in [-0.2, -0.15) is 5.10 Å². The van der Waals surface area contributed by atoms with Gasteiger partial charge in [-0.1, -0.05) is 42.3 Å². The molecule has 1 aliphatic rings. The first-order valence-electron chi connectivity index (χ1n) is 10.1. The van der Waals surface area contributed by atoms with E-state index < -0.39 is 0 Å². The second-order valence-electron chi connectivity index (χ2n) is 7.64. The van der Waals surface area contributed by atoms with Crippen LogP contribution in [0.25, 0.3) is 0 Å². The molecule has 0 unspecified atom stereocenters. The number of benzene rings is 2. The maximum Gasteiger partial charge on any atom is 0.255 e. The van der Waals surface area contributed by atoms with Crippen LogP contribution < -0.4 is 5.32 Å². The molecule has 5 nitrogen and oxygen atoms in total. The number of hydrogen-bond donors (Lipinski definition) is 1. The Morgan fingerprint density at radius 2 is 1.97 bits per heavy atom. The summed E-state index contributed by atoms with van der Waals surface area (Å²) in [6, 6.07) is 11.5. The molecule has 0 spiro atoms. The van der Waals surface area contributed by atoms with Gasteiger partial charge < -0.3 is 5.32 Å². The molecule has 2 heterocycles. The van der Waals surface area contributed by atoms with Gasteiger partial charge in [-0.25, -0.2) is 0 Å². The lowest BCUT2D eigenvalue weighted by Gasteiger charge is -2.28. The zero-order valence-electron chi connectivity index (χ0n) is 17.3. The highest BCUT2D eigenvalue weighted by Gasteiger charge is 2.17. The first kappa shape index (κ1) is 23.6. The van der Waals surface area contributed by atoms with Gasteiger partial charge in [0.2, 0.25) is 0 Å². The van der Waals surface area contributed by atoms with Crippen LogP contribution >= 0.6 is 35.6 Å². The summed E-state index contributed by atoms with van der Waals surface area (Å²) < 4.78 is 1.75. The average Bonchev–Trinajstić information content (AvgIpc) is 3.17. The molecule has 0 radical (unpaired) electrons. The highest BCUT2D eigenvalue weighted by molar-refractivity contribution is 6.42. The quantitative estimate of drug-likeness (QED) is 0.495. The molecule has 0 saturated heterocycles. The van der Waals surface area contributed by atoms with Gasteiger partial charge >= 0.3 is 0 Å². The molecular formula is C23H25Cl3N4O. The lowest BCUT2D eigenvalue weighted by molar-refractivity contribution is 0.102. The van der Waals surface area contributed by atoms with Gasteiger partial charge in [0.25, 0.3) is 5.91 Å². The number of amides is 1. The van der Waals surface area contributed by atoms with Gasteiger partial charge in [0.05, 0.1) is 28.5 Å². The lowest BCUT2D eigenvalue weighted by Crippen LogP contribution is -2.31. The molecule has 0 fully saturated rings. The van der Waals surface area contributed by atoms with Gasteiger partial charge in [-0.05, 0) is 60.3 Å². The zero-order chi connectivity index (χ0) is 21.1. The molecule has 1 amide bonds. The molecule has 0 saturated carbocycles. The number of rotatable bonds is 6. The highest BCUT2D eigenvalue weighted by atomic mass is 35.5. The third-order valence-corrected chi connectivity index (χ3v) is 6.06. The van der Waals surface area contributed by atoms with Crippen LogP contribution in [0.5, 0.6) is 0 Å². The zero-order valence-corrected chi connectivity index (χ0v) is 19.6. The van der Waals surface area contributed by atoms with Gasteiger partial charge in [0.1, 0.15) is 0 Å². The van der Waals surface area contributed by atoms with Gasteiger partial charge in [0.15, 0.2) is 0 Å².